The number of benzene rings is 1. The summed E-state index contributed by atoms with van der Waals surface area (Å²) >= 11 is 7.10. The number of aromatic nitrogens is 1. The van der Waals surface area contributed by atoms with Crippen molar-refractivity contribution in [1.82, 2.24) is 0 Å². The quantitative estimate of drug-likeness (QED) is 0.376. The number of nitrogens with zero attached hydrogens (tertiary/aromatic N) is 4. The van der Waals surface area contributed by atoms with Gasteiger partial charge in [-0.05, 0) is 47.1 Å². The average Bonchev–Trinajstić information content (AvgIpc) is 3.07. The van der Waals surface area contributed by atoms with Gasteiger partial charge in [-0.15, -0.1) is 11.6 Å². The maximum atomic E-state index is 9.67. The van der Waals surface area contributed by atoms with Gasteiger partial charge in [0.25, 0.3) is 0 Å². The predicted molar refractivity (Wildman–Crippen MR) is 101 cm³/mol. The minimum atomic E-state index is -0.606. The molecule has 0 fully saturated rings. The Balaban J connectivity index is 2.06. The zero-order valence-corrected chi connectivity index (χ0v) is 15.8. The van der Waals surface area contributed by atoms with Crippen LogP contribution in [0.4, 0.5) is 16.5 Å². The van der Waals surface area contributed by atoms with E-state index in [2.05, 4.69) is 22.1 Å². The van der Waals surface area contributed by atoms with Crippen molar-refractivity contribution >= 4 is 39.4 Å². The number of thiazole rings is 1. The molecule has 0 saturated heterocycles. The van der Waals surface area contributed by atoms with E-state index in [1.165, 1.54) is 11.3 Å². The van der Waals surface area contributed by atoms with E-state index in [9.17, 15) is 10.2 Å². The molecule has 25 heavy (non-hydrogen) atoms. The lowest BCUT2D eigenvalue weighted by Crippen LogP contribution is -2.38. The van der Waals surface area contributed by atoms with E-state index in [4.69, 9.17) is 11.6 Å². The van der Waals surface area contributed by atoms with Gasteiger partial charge in [0.15, 0.2) is 0 Å². The van der Waals surface area contributed by atoms with Gasteiger partial charge in [0.2, 0.25) is 0 Å². The van der Waals surface area contributed by atoms with Crippen LogP contribution in [0.3, 0.4) is 0 Å². The van der Waals surface area contributed by atoms with E-state index in [-0.39, 0.29) is 12.5 Å². The molecule has 0 aliphatic heterocycles. The van der Waals surface area contributed by atoms with Crippen molar-refractivity contribution in [2.45, 2.75) is 26.0 Å². The minimum Gasteiger partial charge on any atom is -0.395 e. The van der Waals surface area contributed by atoms with Crippen molar-refractivity contribution in [3.63, 3.8) is 0 Å². The van der Waals surface area contributed by atoms with Gasteiger partial charge in [0, 0.05) is 24.2 Å². The van der Waals surface area contributed by atoms with E-state index >= 15 is 0 Å². The second-order valence-corrected chi connectivity index (χ2v) is 6.75. The van der Waals surface area contributed by atoms with E-state index in [0.717, 1.165) is 24.3 Å². The number of alkyl halides is 1. The van der Waals surface area contributed by atoms with Crippen LogP contribution in [0.1, 0.15) is 13.3 Å². The maximum absolute atomic E-state index is 9.67. The summed E-state index contributed by atoms with van der Waals surface area (Å²) in [6, 6.07) is 7.79. The van der Waals surface area contributed by atoms with Gasteiger partial charge in [-0.3, -0.25) is 0 Å². The summed E-state index contributed by atoms with van der Waals surface area (Å²) in [6.07, 6.45) is 2.27. The summed E-state index contributed by atoms with van der Waals surface area (Å²) in [4.78, 5) is 2.14. The summed E-state index contributed by atoms with van der Waals surface area (Å²) < 4.78 is 1.83. The maximum Gasteiger partial charge on any atom is 0.408 e. The second-order valence-electron chi connectivity index (χ2n) is 5.57. The molecule has 2 N–H and O–H groups in total. The molecule has 136 valence electrons. The fourth-order valence-electron chi connectivity index (χ4n) is 2.38. The van der Waals surface area contributed by atoms with Crippen molar-refractivity contribution in [1.29, 1.82) is 0 Å². The number of hydrogen-bond acceptors (Lipinski definition) is 6. The lowest BCUT2D eigenvalue weighted by Gasteiger charge is -2.23. The van der Waals surface area contributed by atoms with E-state index in [0.29, 0.717) is 18.2 Å². The van der Waals surface area contributed by atoms with Gasteiger partial charge in [-0.1, -0.05) is 6.92 Å². The summed E-state index contributed by atoms with van der Waals surface area (Å²) in [7, 11) is 0. The van der Waals surface area contributed by atoms with Crippen LogP contribution >= 0.6 is 22.9 Å². The van der Waals surface area contributed by atoms with Crippen molar-refractivity contribution in [3.8, 4) is 0 Å². The molecule has 6 nitrogen and oxygen atoms in total. The zero-order valence-electron chi connectivity index (χ0n) is 14.3. The van der Waals surface area contributed by atoms with E-state index in [1.807, 2.05) is 40.4 Å². The Hall–Kier alpha value is -1.54. The highest BCUT2D eigenvalue weighted by Crippen LogP contribution is 2.23. The third kappa shape index (κ3) is 6.04. The van der Waals surface area contributed by atoms with Crippen LogP contribution in [-0.4, -0.2) is 41.9 Å². The molecular formula is C17H24ClN4O2S+. The first-order valence-corrected chi connectivity index (χ1v) is 9.68. The molecule has 0 radical (unpaired) electrons. The molecule has 1 heterocycles. The first kappa shape index (κ1) is 19.8. The SMILES string of the molecule is CCCN(CCO)c1ccc(N=Nc2scc[n+]2CC(O)CCl)cc1. The van der Waals surface area contributed by atoms with Crippen molar-refractivity contribution in [2.75, 3.05) is 30.5 Å². The second kappa shape index (κ2) is 10.5. The van der Waals surface area contributed by atoms with E-state index < -0.39 is 6.10 Å². The van der Waals surface area contributed by atoms with Gasteiger partial charge < -0.3 is 15.1 Å². The highest BCUT2D eigenvalue weighted by molar-refractivity contribution is 7.12. The van der Waals surface area contributed by atoms with Gasteiger partial charge in [0.05, 0.1) is 17.6 Å². The van der Waals surface area contributed by atoms with Crippen LogP contribution in [0.15, 0.2) is 46.1 Å². The monoisotopic (exact) mass is 383 g/mol. The summed E-state index contributed by atoms with van der Waals surface area (Å²) in [6.45, 7) is 4.16. The number of aliphatic hydroxyl groups excluding tert-OH is 2. The number of hydrogen-bond donors (Lipinski definition) is 2. The Morgan fingerprint density at radius 3 is 2.64 bits per heavy atom. The molecule has 0 aliphatic rings. The molecule has 8 heteroatoms. The van der Waals surface area contributed by atoms with Gasteiger partial charge in [0.1, 0.15) is 24.5 Å². The van der Waals surface area contributed by atoms with Crippen LogP contribution < -0.4 is 9.47 Å². The molecule has 0 saturated carbocycles. The number of anilines is 1. The summed E-state index contributed by atoms with van der Waals surface area (Å²) in [5.41, 5.74) is 1.81. The fraction of sp³-hybridized carbons (Fsp3) is 0.471. The van der Waals surface area contributed by atoms with Gasteiger partial charge >= 0.3 is 5.13 Å². The molecule has 0 amide bonds. The van der Waals surface area contributed by atoms with Crippen LogP contribution in [-0.2, 0) is 6.54 Å². The number of rotatable bonds is 10. The lowest BCUT2D eigenvalue weighted by molar-refractivity contribution is -0.686. The van der Waals surface area contributed by atoms with E-state index in [1.54, 1.807) is 0 Å². The molecule has 1 atom stereocenters. The third-order valence-electron chi connectivity index (χ3n) is 3.57. The summed E-state index contributed by atoms with van der Waals surface area (Å²) in [5.74, 6) is 0.184. The average molecular weight is 384 g/mol. The largest absolute Gasteiger partial charge is 0.408 e. The normalized spacial score (nSPS) is 12.6. The Morgan fingerprint density at radius 1 is 1.24 bits per heavy atom. The number of halogens is 1. The topological polar surface area (TPSA) is 72.3 Å². The zero-order chi connectivity index (χ0) is 18.1. The standard InChI is InChI=1S/C17H24ClN4O2S/c1-2-7-21(8-10-23)15-5-3-14(4-6-15)19-20-17-22(9-11-25-17)13-16(24)12-18/h3-6,9,11,16,23-24H,2,7-8,10,12-13H2,1H3/q+1. The molecule has 1 aromatic carbocycles. The Morgan fingerprint density at radius 2 is 2.00 bits per heavy atom. The highest BCUT2D eigenvalue weighted by atomic mass is 35.5. The number of azo groups is 1. The molecule has 1 unspecified atom stereocenters. The minimum absolute atomic E-state index is 0.133. The van der Waals surface area contributed by atoms with Crippen molar-refractivity contribution < 1.29 is 14.8 Å². The highest BCUT2D eigenvalue weighted by Gasteiger charge is 2.15. The van der Waals surface area contributed by atoms with Crippen LogP contribution in [0.25, 0.3) is 0 Å². The molecule has 0 spiro atoms. The Bertz CT molecular complexity index is 657. The van der Waals surface area contributed by atoms with Gasteiger partial charge in [-0.25, -0.2) is 4.57 Å². The molecule has 2 aromatic rings. The van der Waals surface area contributed by atoms with Crippen molar-refractivity contribution in [3.05, 3.63) is 35.8 Å². The van der Waals surface area contributed by atoms with Crippen LogP contribution in [0.5, 0.6) is 0 Å². The third-order valence-corrected chi connectivity index (χ3v) is 4.72. The fourth-order valence-corrected chi connectivity index (χ4v) is 3.17. The molecule has 1 aromatic heterocycles. The van der Waals surface area contributed by atoms with Gasteiger partial charge in [-0.2, -0.15) is 0 Å². The molecule has 2 rings (SSSR count). The molecule has 0 aliphatic carbocycles. The van der Waals surface area contributed by atoms with Crippen LogP contribution in [0.2, 0.25) is 0 Å². The first-order chi connectivity index (χ1) is 12.2. The number of aliphatic hydroxyl groups is 2. The van der Waals surface area contributed by atoms with Crippen LogP contribution in [0, 0.1) is 0 Å². The smallest absolute Gasteiger partial charge is 0.395 e. The Kier molecular flexibility index (Phi) is 8.27. The molecule has 0 bridgehead atoms. The Labute approximate surface area is 157 Å². The first-order valence-electron chi connectivity index (χ1n) is 8.26. The predicted octanol–water partition coefficient (Wildman–Crippen LogP) is 3.26. The lowest BCUT2D eigenvalue weighted by atomic mass is 10.2. The van der Waals surface area contributed by atoms with Crippen molar-refractivity contribution in [2.24, 2.45) is 10.2 Å². The molecular weight excluding hydrogens is 360 g/mol. The summed E-state index contributed by atoms with van der Waals surface area (Å²) in [5, 5.41) is 30.0.